The molecule has 2 aromatic heterocycles. The number of hydrogen-bond donors (Lipinski definition) is 0. The molecule has 4 aromatic rings. The van der Waals surface area contributed by atoms with Crippen LogP contribution in [0.5, 0.6) is 0 Å². The van der Waals surface area contributed by atoms with Crippen molar-refractivity contribution in [2.75, 3.05) is 24.5 Å². The zero-order chi connectivity index (χ0) is 22.2. The average molecular weight is 431 g/mol. The van der Waals surface area contributed by atoms with Crippen molar-refractivity contribution < 1.29 is 9.21 Å². The topological polar surface area (TPSA) is 80.3 Å². The lowest BCUT2D eigenvalue weighted by Gasteiger charge is -2.27. The lowest BCUT2D eigenvalue weighted by Crippen LogP contribution is -2.40. The van der Waals surface area contributed by atoms with Crippen LogP contribution in [-0.2, 0) is 0 Å². The standard InChI is InChI=1S/C24H26N6O2/c1-16-7-8-20(30-25-10-11-26-30)19(15-16)23(31)29-14-13-28(12-9-18(29)3)24-27-22-17(2)5-4-6-21(22)32-24/h4-8,10-11,15,18H,9,12-14H2,1-3H3/t18-/m0/s1. The Morgan fingerprint density at radius 2 is 1.88 bits per heavy atom. The second kappa shape index (κ2) is 8.11. The summed E-state index contributed by atoms with van der Waals surface area (Å²) in [5, 5.41) is 8.45. The first-order valence-corrected chi connectivity index (χ1v) is 10.9. The number of amides is 1. The van der Waals surface area contributed by atoms with E-state index in [0.717, 1.165) is 35.2 Å². The summed E-state index contributed by atoms with van der Waals surface area (Å²) in [5.74, 6) is -0.0104. The first-order valence-electron chi connectivity index (χ1n) is 10.9. The van der Waals surface area contributed by atoms with Crippen molar-refractivity contribution in [2.24, 2.45) is 0 Å². The highest BCUT2D eigenvalue weighted by Gasteiger charge is 2.29. The van der Waals surface area contributed by atoms with Crippen LogP contribution in [0.3, 0.4) is 0 Å². The fraction of sp³-hybridized carbons (Fsp3) is 0.333. The predicted molar refractivity (Wildman–Crippen MR) is 122 cm³/mol. The molecule has 1 fully saturated rings. The number of benzene rings is 2. The van der Waals surface area contributed by atoms with Crippen LogP contribution in [0.1, 0.15) is 34.8 Å². The number of aromatic nitrogens is 4. The van der Waals surface area contributed by atoms with Gasteiger partial charge in [-0.15, -0.1) is 0 Å². The van der Waals surface area contributed by atoms with E-state index in [1.54, 1.807) is 12.4 Å². The van der Waals surface area contributed by atoms with E-state index in [4.69, 9.17) is 9.40 Å². The Labute approximate surface area is 186 Å². The normalized spacial score (nSPS) is 17.0. The first-order chi connectivity index (χ1) is 15.5. The van der Waals surface area contributed by atoms with E-state index >= 15 is 0 Å². The summed E-state index contributed by atoms with van der Waals surface area (Å²) >= 11 is 0. The van der Waals surface area contributed by atoms with Crippen LogP contribution in [0.4, 0.5) is 6.01 Å². The first kappa shape index (κ1) is 20.2. The van der Waals surface area contributed by atoms with Gasteiger partial charge in [-0.05, 0) is 51.0 Å². The molecule has 2 aromatic carbocycles. The molecule has 0 unspecified atom stereocenters. The maximum atomic E-state index is 13.7. The van der Waals surface area contributed by atoms with Gasteiger partial charge in [0.2, 0.25) is 0 Å². The number of oxazole rings is 1. The van der Waals surface area contributed by atoms with Crippen LogP contribution < -0.4 is 4.90 Å². The summed E-state index contributed by atoms with van der Waals surface area (Å²) in [5.41, 5.74) is 5.10. The van der Waals surface area contributed by atoms with Gasteiger partial charge in [-0.1, -0.05) is 23.8 Å². The minimum absolute atomic E-state index is 0.0104. The van der Waals surface area contributed by atoms with Crippen molar-refractivity contribution in [1.29, 1.82) is 0 Å². The molecule has 1 aliphatic heterocycles. The van der Waals surface area contributed by atoms with E-state index < -0.39 is 0 Å². The largest absolute Gasteiger partial charge is 0.423 e. The number of fused-ring (bicyclic) bond motifs is 1. The van der Waals surface area contributed by atoms with Gasteiger partial charge in [-0.25, -0.2) is 0 Å². The average Bonchev–Trinajstić information content (AvgIpc) is 3.43. The van der Waals surface area contributed by atoms with Gasteiger partial charge in [-0.3, -0.25) is 4.79 Å². The van der Waals surface area contributed by atoms with Gasteiger partial charge in [0, 0.05) is 25.7 Å². The van der Waals surface area contributed by atoms with Gasteiger partial charge in [0.15, 0.2) is 5.58 Å². The van der Waals surface area contributed by atoms with Crippen molar-refractivity contribution in [3.63, 3.8) is 0 Å². The highest BCUT2D eigenvalue weighted by Crippen LogP contribution is 2.27. The van der Waals surface area contributed by atoms with Crippen molar-refractivity contribution in [2.45, 2.75) is 33.2 Å². The van der Waals surface area contributed by atoms with E-state index in [9.17, 15) is 4.79 Å². The number of rotatable bonds is 3. The van der Waals surface area contributed by atoms with Crippen LogP contribution in [0.25, 0.3) is 16.8 Å². The number of aryl methyl sites for hydroxylation is 2. The number of nitrogens with zero attached hydrogens (tertiary/aromatic N) is 6. The summed E-state index contributed by atoms with van der Waals surface area (Å²) in [6.07, 6.45) is 4.05. The SMILES string of the molecule is Cc1ccc(-n2nccn2)c(C(=O)N2CCN(c3nc4c(C)cccc4o3)CC[C@@H]2C)c1. The van der Waals surface area contributed by atoms with E-state index in [-0.39, 0.29) is 11.9 Å². The number of hydrogen-bond acceptors (Lipinski definition) is 6. The molecule has 5 rings (SSSR count). The summed E-state index contributed by atoms with van der Waals surface area (Å²) in [6.45, 7) is 8.13. The molecule has 3 heterocycles. The molecule has 0 aliphatic carbocycles. The lowest BCUT2D eigenvalue weighted by molar-refractivity contribution is 0.0704. The van der Waals surface area contributed by atoms with Crippen molar-refractivity contribution in [3.05, 3.63) is 65.5 Å². The monoisotopic (exact) mass is 430 g/mol. The molecule has 1 saturated heterocycles. The highest BCUT2D eigenvalue weighted by atomic mass is 16.4. The summed E-state index contributed by atoms with van der Waals surface area (Å²) in [4.78, 5) is 24.0. The lowest BCUT2D eigenvalue weighted by atomic mass is 10.1. The van der Waals surface area contributed by atoms with E-state index in [1.807, 2.05) is 55.1 Å². The molecule has 8 heteroatoms. The third-order valence-electron chi connectivity index (χ3n) is 6.12. The molecule has 0 saturated carbocycles. The van der Waals surface area contributed by atoms with Crippen molar-refractivity contribution >= 4 is 23.0 Å². The van der Waals surface area contributed by atoms with Gasteiger partial charge in [0.05, 0.1) is 23.6 Å². The Morgan fingerprint density at radius 3 is 2.66 bits per heavy atom. The molecule has 1 amide bonds. The minimum atomic E-state index is -0.0104. The van der Waals surface area contributed by atoms with Crippen LogP contribution in [0.2, 0.25) is 0 Å². The zero-order valence-electron chi connectivity index (χ0n) is 18.5. The number of carbonyl (C=O) groups is 1. The molecule has 8 nitrogen and oxygen atoms in total. The van der Waals surface area contributed by atoms with Crippen LogP contribution >= 0.6 is 0 Å². The van der Waals surface area contributed by atoms with Crippen LogP contribution in [0, 0.1) is 13.8 Å². The zero-order valence-corrected chi connectivity index (χ0v) is 18.5. The van der Waals surface area contributed by atoms with Gasteiger partial charge < -0.3 is 14.2 Å². The highest BCUT2D eigenvalue weighted by molar-refractivity contribution is 5.98. The van der Waals surface area contributed by atoms with Gasteiger partial charge in [0.25, 0.3) is 11.9 Å². The van der Waals surface area contributed by atoms with Crippen molar-refractivity contribution in [1.82, 2.24) is 24.9 Å². The van der Waals surface area contributed by atoms with E-state index in [2.05, 4.69) is 22.0 Å². The molecule has 1 atom stereocenters. The van der Waals surface area contributed by atoms with Gasteiger partial charge in [-0.2, -0.15) is 20.0 Å². The third kappa shape index (κ3) is 3.62. The maximum absolute atomic E-state index is 13.7. The Kier molecular flexibility index (Phi) is 5.13. The fourth-order valence-electron chi connectivity index (χ4n) is 4.25. The molecular weight excluding hydrogens is 404 g/mol. The van der Waals surface area contributed by atoms with Crippen LogP contribution in [-0.4, -0.2) is 56.5 Å². The number of carbonyl (C=O) groups excluding carboxylic acids is 1. The molecule has 0 radical (unpaired) electrons. The molecular formula is C24H26N6O2. The van der Waals surface area contributed by atoms with Crippen LogP contribution in [0.15, 0.2) is 53.2 Å². The van der Waals surface area contributed by atoms with E-state index in [1.165, 1.54) is 4.80 Å². The molecule has 164 valence electrons. The Morgan fingerprint density at radius 1 is 1.06 bits per heavy atom. The Hall–Kier alpha value is -3.68. The predicted octanol–water partition coefficient (Wildman–Crippen LogP) is 3.77. The minimum Gasteiger partial charge on any atom is -0.423 e. The second-order valence-electron chi connectivity index (χ2n) is 8.38. The molecule has 0 spiro atoms. The Balaban J connectivity index is 1.41. The summed E-state index contributed by atoms with van der Waals surface area (Å²) in [6, 6.07) is 12.4. The molecule has 32 heavy (non-hydrogen) atoms. The molecule has 0 bridgehead atoms. The Bertz CT molecular complexity index is 1260. The second-order valence-corrected chi connectivity index (χ2v) is 8.38. The molecule has 0 N–H and O–H groups in total. The quantitative estimate of drug-likeness (QED) is 0.492. The van der Waals surface area contributed by atoms with Gasteiger partial charge >= 0.3 is 0 Å². The third-order valence-corrected chi connectivity index (χ3v) is 6.12. The smallest absolute Gasteiger partial charge is 0.298 e. The van der Waals surface area contributed by atoms with Gasteiger partial charge in [0.1, 0.15) is 5.52 Å². The maximum Gasteiger partial charge on any atom is 0.298 e. The summed E-state index contributed by atoms with van der Waals surface area (Å²) in [7, 11) is 0. The summed E-state index contributed by atoms with van der Waals surface area (Å²) < 4.78 is 6.03. The van der Waals surface area contributed by atoms with Crippen molar-refractivity contribution in [3.8, 4) is 5.69 Å². The van der Waals surface area contributed by atoms with E-state index in [0.29, 0.717) is 30.4 Å². The number of para-hydroxylation sites is 1. The fourth-order valence-corrected chi connectivity index (χ4v) is 4.25. The molecule has 1 aliphatic rings. The number of anilines is 1.